The van der Waals surface area contributed by atoms with Crippen molar-refractivity contribution in [1.29, 1.82) is 0 Å². The number of hydrogen-bond acceptors (Lipinski definition) is 6. The maximum Gasteiger partial charge on any atom is 0.281 e. The summed E-state index contributed by atoms with van der Waals surface area (Å²) in [6.45, 7) is 0. The highest BCUT2D eigenvalue weighted by Gasteiger charge is 2.16. The number of hydrogen-bond donors (Lipinski definition) is 2. The summed E-state index contributed by atoms with van der Waals surface area (Å²) < 4.78 is 4.83. The highest BCUT2D eigenvalue weighted by molar-refractivity contribution is 9.10. The second-order valence-electron chi connectivity index (χ2n) is 2.79. The van der Waals surface area contributed by atoms with Crippen molar-refractivity contribution in [2.75, 3.05) is 11.1 Å². The van der Waals surface area contributed by atoms with Gasteiger partial charge < -0.3 is 11.1 Å². The molecule has 1 amide bonds. The first-order chi connectivity index (χ1) is 7.68. The number of carbonyl (C=O) groups is 1. The smallest absolute Gasteiger partial charge is 0.281 e. The molecule has 7 nitrogen and oxygen atoms in total. The van der Waals surface area contributed by atoms with Gasteiger partial charge in [0, 0.05) is 6.20 Å². The van der Waals surface area contributed by atoms with E-state index in [0.717, 1.165) is 0 Å². The molecule has 8 heteroatoms. The molecule has 0 atom stereocenters. The fourth-order valence-electron chi connectivity index (χ4n) is 1.01. The molecule has 0 unspecified atom stereocenters. The van der Waals surface area contributed by atoms with Crippen LogP contribution < -0.4 is 11.1 Å². The van der Waals surface area contributed by atoms with Gasteiger partial charge in [-0.15, -0.1) is 0 Å². The van der Waals surface area contributed by atoms with E-state index in [2.05, 4.69) is 41.2 Å². The maximum atomic E-state index is 11.6. The topological polar surface area (TPSA) is 107 Å². The molecular formula is C8H6BrN5O2. The Hall–Kier alpha value is -1.96. The van der Waals surface area contributed by atoms with Gasteiger partial charge in [-0.1, -0.05) is 0 Å². The number of nitrogens with two attached hydrogens (primary N) is 1. The normalized spacial score (nSPS) is 10.1. The van der Waals surface area contributed by atoms with Gasteiger partial charge in [0.25, 0.3) is 5.91 Å². The van der Waals surface area contributed by atoms with Crippen LogP contribution in [0, 0.1) is 0 Å². The number of aromatic nitrogens is 3. The van der Waals surface area contributed by atoms with Crippen molar-refractivity contribution >= 4 is 33.3 Å². The average molecular weight is 284 g/mol. The van der Waals surface area contributed by atoms with Gasteiger partial charge in [0.05, 0.1) is 5.69 Å². The minimum Gasteiger partial charge on any atom is -0.379 e. The fraction of sp³-hybridized carbons (Fsp3) is 0. The van der Waals surface area contributed by atoms with Crippen LogP contribution in [0.15, 0.2) is 27.6 Å². The zero-order valence-corrected chi connectivity index (χ0v) is 9.43. The van der Waals surface area contributed by atoms with Crippen molar-refractivity contribution in [2.45, 2.75) is 0 Å². The highest BCUT2D eigenvalue weighted by Crippen LogP contribution is 2.19. The Morgan fingerprint density at radius 2 is 2.31 bits per heavy atom. The van der Waals surface area contributed by atoms with Crippen molar-refractivity contribution in [3.8, 4) is 0 Å². The molecule has 2 heterocycles. The minimum absolute atomic E-state index is 0.0579. The third-order valence-corrected chi connectivity index (χ3v) is 2.37. The first-order valence-corrected chi connectivity index (χ1v) is 4.97. The standard InChI is InChI=1S/C8H6BrN5O2/c9-6-4(2-1-3-11-6)12-8(15)5-7(10)14-16-13-5/h1-3H,(H2,10,14)(H,12,15). The molecule has 0 bridgehead atoms. The van der Waals surface area contributed by atoms with Crippen LogP contribution in [0.3, 0.4) is 0 Å². The molecule has 16 heavy (non-hydrogen) atoms. The molecule has 0 saturated carbocycles. The largest absolute Gasteiger partial charge is 0.379 e. The number of pyridine rings is 1. The molecule has 0 aliphatic carbocycles. The zero-order chi connectivity index (χ0) is 11.5. The van der Waals surface area contributed by atoms with Crippen LogP contribution in [-0.4, -0.2) is 21.2 Å². The van der Waals surface area contributed by atoms with Gasteiger partial charge in [0.15, 0.2) is 0 Å². The van der Waals surface area contributed by atoms with E-state index in [-0.39, 0.29) is 11.5 Å². The quantitative estimate of drug-likeness (QED) is 0.798. The highest BCUT2D eigenvalue weighted by atomic mass is 79.9. The summed E-state index contributed by atoms with van der Waals surface area (Å²) in [6.07, 6.45) is 1.59. The fourth-order valence-corrected chi connectivity index (χ4v) is 1.36. The predicted octanol–water partition coefficient (Wildman–Crippen LogP) is 1.06. The molecule has 0 radical (unpaired) electrons. The van der Waals surface area contributed by atoms with Crippen LogP contribution in [-0.2, 0) is 0 Å². The molecule has 0 aliphatic heterocycles. The molecule has 0 saturated heterocycles. The molecule has 0 fully saturated rings. The molecule has 0 spiro atoms. The Kier molecular flexibility index (Phi) is 2.82. The van der Waals surface area contributed by atoms with Gasteiger partial charge in [-0.2, -0.15) is 0 Å². The van der Waals surface area contributed by atoms with Crippen LogP contribution in [0.1, 0.15) is 10.5 Å². The first kappa shape index (κ1) is 10.6. The van der Waals surface area contributed by atoms with Gasteiger partial charge in [-0.3, -0.25) is 4.79 Å². The van der Waals surface area contributed by atoms with E-state index in [1.165, 1.54) is 0 Å². The third-order valence-electron chi connectivity index (χ3n) is 1.74. The Morgan fingerprint density at radius 1 is 1.50 bits per heavy atom. The van der Waals surface area contributed by atoms with E-state index in [1.54, 1.807) is 18.3 Å². The zero-order valence-electron chi connectivity index (χ0n) is 7.85. The first-order valence-electron chi connectivity index (χ1n) is 4.18. The Bertz CT molecular complexity index is 527. The third kappa shape index (κ3) is 2.01. The molecule has 2 rings (SSSR count). The van der Waals surface area contributed by atoms with Crippen LogP contribution in [0.25, 0.3) is 0 Å². The molecule has 0 aromatic carbocycles. The van der Waals surface area contributed by atoms with Crippen molar-refractivity contribution in [3.63, 3.8) is 0 Å². The van der Waals surface area contributed by atoms with Crippen LogP contribution >= 0.6 is 15.9 Å². The number of nitrogens with zero attached hydrogens (tertiary/aromatic N) is 3. The summed E-state index contributed by atoms with van der Waals surface area (Å²) in [6, 6.07) is 3.36. The number of nitrogens with one attached hydrogen (secondary N) is 1. The second-order valence-corrected chi connectivity index (χ2v) is 3.55. The molecule has 0 aliphatic rings. The summed E-state index contributed by atoms with van der Waals surface area (Å²) in [7, 11) is 0. The number of amides is 1. The number of anilines is 2. The lowest BCUT2D eigenvalue weighted by Crippen LogP contribution is -2.14. The van der Waals surface area contributed by atoms with E-state index >= 15 is 0 Å². The van der Waals surface area contributed by atoms with E-state index in [4.69, 9.17) is 5.73 Å². The maximum absolute atomic E-state index is 11.6. The lowest BCUT2D eigenvalue weighted by molar-refractivity contribution is 0.101. The lowest BCUT2D eigenvalue weighted by Gasteiger charge is -2.03. The van der Waals surface area contributed by atoms with Crippen molar-refractivity contribution < 1.29 is 9.42 Å². The molecule has 3 N–H and O–H groups in total. The SMILES string of the molecule is Nc1nonc1C(=O)Nc1cccnc1Br. The Morgan fingerprint density at radius 3 is 2.94 bits per heavy atom. The lowest BCUT2D eigenvalue weighted by atomic mass is 10.3. The minimum atomic E-state index is -0.507. The van der Waals surface area contributed by atoms with E-state index in [1.807, 2.05) is 0 Å². The summed E-state index contributed by atoms with van der Waals surface area (Å²) in [5.74, 6) is -0.565. The van der Waals surface area contributed by atoms with Gasteiger partial charge in [-0.25, -0.2) is 9.61 Å². The monoisotopic (exact) mass is 283 g/mol. The number of nitrogen functional groups attached to an aromatic ring is 1. The van der Waals surface area contributed by atoms with Gasteiger partial charge >= 0.3 is 0 Å². The van der Waals surface area contributed by atoms with E-state index < -0.39 is 5.91 Å². The second kappa shape index (κ2) is 4.27. The molecule has 2 aromatic rings. The van der Waals surface area contributed by atoms with Gasteiger partial charge in [0.2, 0.25) is 11.5 Å². The van der Waals surface area contributed by atoms with E-state index in [0.29, 0.717) is 10.3 Å². The average Bonchev–Trinajstić information content (AvgIpc) is 2.68. The van der Waals surface area contributed by atoms with Gasteiger partial charge in [-0.05, 0) is 38.4 Å². The molecule has 2 aromatic heterocycles. The molecule has 82 valence electrons. The summed E-state index contributed by atoms with van der Waals surface area (Å²) in [4.78, 5) is 15.6. The van der Waals surface area contributed by atoms with Crippen LogP contribution in [0.2, 0.25) is 0 Å². The summed E-state index contributed by atoms with van der Waals surface area (Å²) in [5.41, 5.74) is 5.83. The Labute approximate surface area is 98.1 Å². The van der Waals surface area contributed by atoms with E-state index in [9.17, 15) is 4.79 Å². The molecular weight excluding hydrogens is 278 g/mol. The predicted molar refractivity (Wildman–Crippen MR) is 58.6 cm³/mol. The summed E-state index contributed by atoms with van der Waals surface area (Å²) >= 11 is 3.19. The van der Waals surface area contributed by atoms with Gasteiger partial charge in [0.1, 0.15) is 4.60 Å². The van der Waals surface area contributed by atoms with Crippen molar-refractivity contribution in [2.24, 2.45) is 0 Å². The number of carbonyl (C=O) groups excluding carboxylic acids is 1. The number of halogens is 1. The van der Waals surface area contributed by atoms with Crippen molar-refractivity contribution in [3.05, 3.63) is 28.6 Å². The van der Waals surface area contributed by atoms with Crippen LogP contribution in [0.4, 0.5) is 11.5 Å². The summed E-state index contributed by atoms with van der Waals surface area (Å²) in [5, 5.41) is 9.25. The van der Waals surface area contributed by atoms with Crippen LogP contribution in [0.5, 0.6) is 0 Å². The number of rotatable bonds is 2. The Balaban J connectivity index is 2.21. The van der Waals surface area contributed by atoms with Crippen molar-refractivity contribution in [1.82, 2.24) is 15.3 Å².